The first kappa shape index (κ1) is 26.3. The van der Waals surface area contributed by atoms with Gasteiger partial charge < -0.3 is 19.7 Å². The lowest BCUT2D eigenvalue weighted by Crippen LogP contribution is -2.44. The number of methoxy groups -OCH3 is 1. The van der Waals surface area contributed by atoms with Gasteiger partial charge in [-0.25, -0.2) is 8.42 Å². The van der Waals surface area contributed by atoms with Crippen LogP contribution in [0, 0.1) is 5.92 Å². The van der Waals surface area contributed by atoms with E-state index in [2.05, 4.69) is 0 Å². The normalized spacial score (nSPS) is 22.4. The van der Waals surface area contributed by atoms with Crippen LogP contribution in [-0.4, -0.2) is 49.7 Å². The molecule has 39 heavy (non-hydrogen) atoms. The van der Waals surface area contributed by atoms with Crippen LogP contribution in [0.25, 0.3) is 11.1 Å². The topological polar surface area (TPSA) is 96.3 Å². The van der Waals surface area contributed by atoms with Crippen LogP contribution >= 0.6 is 23.2 Å². The summed E-state index contributed by atoms with van der Waals surface area (Å²) in [6.07, 6.45) is 1.00. The number of fused-ring (bicyclic) bond motifs is 2. The number of nitrogens with zero attached hydrogens (tertiary/aromatic N) is 1. The van der Waals surface area contributed by atoms with Gasteiger partial charge in [-0.15, -0.1) is 0 Å². The van der Waals surface area contributed by atoms with Gasteiger partial charge in [0.2, 0.25) is 10.0 Å². The predicted molar refractivity (Wildman–Crippen MR) is 152 cm³/mol. The van der Waals surface area contributed by atoms with Crippen molar-refractivity contribution in [3.05, 3.63) is 81.8 Å². The maximum Gasteiger partial charge on any atom is 0.241 e. The third kappa shape index (κ3) is 4.73. The molecule has 0 spiro atoms. The van der Waals surface area contributed by atoms with Crippen molar-refractivity contribution in [3.8, 4) is 17.2 Å². The van der Waals surface area contributed by atoms with Gasteiger partial charge >= 0.3 is 0 Å². The van der Waals surface area contributed by atoms with Crippen LogP contribution < -0.4 is 9.04 Å². The van der Waals surface area contributed by atoms with E-state index in [0.29, 0.717) is 35.0 Å². The zero-order valence-electron chi connectivity index (χ0n) is 21.1. The number of aromatic hydroxyl groups is 2. The Morgan fingerprint density at radius 1 is 0.923 bits per heavy atom. The van der Waals surface area contributed by atoms with Gasteiger partial charge in [-0.2, -0.15) is 0 Å². The number of phenolic OH excluding ortho intramolecular Hbond substituents is 2. The molecule has 1 aliphatic carbocycles. The van der Waals surface area contributed by atoms with Crippen LogP contribution in [0.2, 0.25) is 10.0 Å². The van der Waals surface area contributed by atoms with Crippen molar-refractivity contribution in [1.82, 2.24) is 0 Å². The highest BCUT2D eigenvalue weighted by molar-refractivity contribution is 7.93. The van der Waals surface area contributed by atoms with Gasteiger partial charge in [-0.1, -0.05) is 35.3 Å². The van der Waals surface area contributed by atoms with E-state index in [1.54, 1.807) is 55.6 Å². The molecule has 0 amide bonds. The summed E-state index contributed by atoms with van der Waals surface area (Å²) in [5.41, 5.74) is 3.46. The molecule has 3 atom stereocenters. The van der Waals surface area contributed by atoms with E-state index in [4.69, 9.17) is 32.7 Å². The molecular weight excluding hydrogens is 561 g/mol. The Balaban J connectivity index is 1.45. The van der Waals surface area contributed by atoms with E-state index >= 15 is 0 Å². The second-order valence-electron chi connectivity index (χ2n) is 10.2. The molecule has 7 nitrogen and oxygen atoms in total. The average molecular weight is 589 g/mol. The van der Waals surface area contributed by atoms with Gasteiger partial charge in [0.15, 0.2) is 0 Å². The summed E-state index contributed by atoms with van der Waals surface area (Å²) in [6.45, 7) is 0.410. The minimum absolute atomic E-state index is 0.0463. The molecule has 10 heteroatoms. The SMILES string of the molecule is COc1ccc(N(CC2CC2)S(=O)(=O)C2CC3OC2C(c2ccc(O)c(Cl)c2)=C3c2ccc(O)c(Cl)c2)cc1. The number of ether oxygens (including phenoxy) is 2. The number of halogens is 2. The molecule has 3 unspecified atom stereocenters. The molecular formula is C29H27Cl2NO6S. The number of phenols is 2. The second kappa shape index (κ2) is 9.93. The lowest BCUT2D eigenvalue weighted by Gasteiger charge is -2.32. The summed E-state index contributed by atoms with van der Waals surface area (Å²) in [4.78, 5) is 0. The molecule has 0 radical (unpaired) electrons. The average Bonchev–Trinajstić information content (AvgIpc) is 3.54. The highest BCUT2D eigenvalue weighted by Gasteiger charge is 2.54. The first-order valence-electron chi connectivity index (χ1n) is 12.7. The number of rotatable bonds is 8. The highest BCUT2D eigenvalue weighted by atomic mass is 35.5. The molecule has 2 fully saturated rings. The van der Waals surface area contributed by atoms with Crippen molar-refractivity contribution in [3.63, 3.8) is 0 Å². The van der Waals surface area contributed by atoms with Gasteiger partial charge in [-0.3, -0.25) is 4.31 Å². The van der Waals surface area contributed by atoms with Crippen LogP contribution in [0.4, 0.5) is 5.69 Å². The second-order valence-corrected chi connectivity index (χ2v) is 13.1. The molecule has 2 bridgehead atoms. The largest absolute Gasteiger partial charge is 0.506 e. The Labute approximate surface area is 237 Å². The molecule has 3 aliphatic rings. The molecule has 3 aromatic rings. The lowest BCUT2D eigenvalue weighted by atomic mass is 9.83. The van der Waals surface area contributed by atoms with Gasteiger partial charge in [-0.05, 0) is 96.0 Å². The van der Waals surface area contributed by atoms with Crippen molar-refractivity contribution < 1.29 is 28.1 Å². The predicted octanol–water partition coefficient (Wildman–Crippen LogP) is 6.11. The fourth-order valence-corrected chi connectivity index (χ4v) is 7.96. The first-order valence-corrected chi connectivity index (χ1v) is 15.0. The molecule has 1 saturated heterocycles. The lowest BCUT2D eigenvalue weighted by molar-refractivity contribution is 0.128. The minimum Gasteiger partial charge on any atom is -0.506 e. The molecule has 3 aromatic carbocycles. The molecule has 1 saturated carbocycles. The Hall–Kier alpha value is -2.91. The van der Waals surface area contributed by atoms with Gasteiger partial charge in [0.25, 0.3) is 0 Å². The van der Waals surface area contributed by atoms with Gasteiger partial charge in [0.1, 0.15) is 28.6 Å². The summed E-state index contributed by atoms with van der Waals surface area (Å²) in [6, 6.07) is 16.8. The molecule has 2 aliphatic heterocycles. The minimum atomic E-state index is -3.85. The molecule has 6 rings (SSSR count). The zero-order valence-corrected chi connectivity index (χ0v) is 23.4. The Morgan fingerprint density at radius 3 is 2.05 bits per heavy atom. The number of hydrogen-bond acceptors (Lipinski definition) is 6. The van der Waals surface area contributed by atoms with Crippen LogP contribution in [-0.2, 0) is 14.8 Å². The van der Waals surface area contributed by atoms with Crippen LogP contribution in [0.3, 0.4) is 0 Å². The third-order valence-electron chi connectivity index (χ3n) is 7.68. The molecule has 2 heterocycles. The number of anilines is 1. The van der Waals surface area contributed by atoms with Crippen LogP contribution in [0.1, 0.15) is 30.4 Å². The quantitative estimate of drug-likeness (QED) is 0.330. The van der Waals surface area contributed by atoms with Crippen molar-refractivity contribution in [2.24, 2.45) is 5.92 Å². The standard InChI is InChI=1S/C29H27Cl2NO6S/c1-37-20-8-6-19(7-9-20)32(15-16-2-3-16)39(35,36)26-14-25-27(17-4-10-23(33)21(30)12-17)28(29(26)38-25)18-5-11-24(34)22(31)13-18/h4-13,16,25-26,29,33-34H,2-3,14-15H2,1H3. The van der Waals surface area contributed by atoms with Crippen LogP contribution in [0.15, 0.2) is 60.7 Å². The third-order valence-corrected chi connectivity index (χ3v) is 10.5. The zero-order chi connectivity index (χ0) is 27.5. The first-order chi connectivity index (χ1) is 18.7. The summed E-state index contributed by atoms with van der Waals surface area (Å²) in [5.74, 6) is 0.855. The van der Waals surface area contributed by atoms with Crippen molar-refractivity contribution in [2.75, 3.05) is 18.0 Å². The van der Waals surface area contributed by atoms with Gasteiger partial charge in [0, 0.05) is 6.54 Å². The summed E-state index contributed by atoms with van der Waals surface area (Å²) >= 11 is 12.5. The van der Waals surface area contributed by atoms with Crippen LogP contribution in [0.5, 0.6) is 17.2 Å². The maximum atomic E-state index is 14.4. The smallest absolute Gasteiger partial charge is 0.241 e. The van der Waals surface area contributed by atoms with E-state index in [9.17, 15) is 18.6 Å². The van der Waals surface area contributed by atoms with E-state index in [1.165, 1.54) is 16.4 Å². The van der Waals surface area contributed by atoms with Crippen molar-refractivity contribution >= 4 is 50.1 Å². The maximum absolute atomic E-state index is 14.4. The summed E-state index contributed by atoms with van der Waals surface area (Å²) in [5, 5.41) is 19.5. The Morgan fingerprint density at radius 2 is 1.51 bits per heavy atom. The molecule has 2 N–H and O–H groups in total. The monoisotopic (exact) mass is 587 g/mol. The summed E-state index contributed by atoms with van der Waals surface area (Å²) in [7, 11) is -2.28. The van der Waals surface area contributed by atoms with Gasteiger partial charge in [0.05, 0.1) is 28.9 Å². The molecule has 204 valence electrons. The van der Waals surface area contributed by atoms with Crippen molar-refractivity contribution in [2.45, 2.75) is 36.7 Å². The number of hydrogen-bond donors (Lipinski definition) is 2. The fourth-order valence-electron chi connectivity index (χ4n) is 5.51. The van der Waals surface area contributed by atoms with Crippen molar-refractivity contribution in [1.29, 1.82) is 0 Å². The Kier molecular flexibility index (Phi) is 6.70. The highest BCUT2D eigenvalue weighted by Crippen LogP contribution is 2.52. The number of benzene rings is 3. The fraction of sp³-hybridized carbons (Fsp3) is 0.310. The summed E-state index contributed by atoms with van der Waals surface area (Å²) < 4.78 is 41.9. The number of sulfonamides is 1. The molecule has 0 aromatic heterocycles. The van der Waals surface area contributed by atoms with E-state index in [-0.39, 0.29) is 28.0 Å². The Bertz CT molecular complexity index is 1570. The van der Waals surface area contributed by atoms with E-state index in [0.717, 1.165) is 24.0 Å². The van der Waals surface area contributed by atoms with E-state index < -0.39 is 27.5 Å². The van der Waals surface area contributed by atoms with E-state index in [1.807, 2.05) is 0 Å².